The smallest absolute Gasteiger partial charge is 0.269 e. The van der Waals surface area contributed by atoms with Crippen LogP contribution in [0, 0.1) is 5.82 Å². The van der Waals surface area contributed by atoms with Crippen molar-refractivity contribution in [1.29, 1.82) is 0 Å². The van der Waals surface area contributed by atoms with Crippen LogP contribution in [0.25, 0.3) is 0 Å². The van der Waals surface area contributed by atoms with E-state index in [1.807, 2.05) is 0 Å². The molecule has 1 unspecified atom stereocenters. The summed E-state index contributed by atoms with van der Waals surface area (Å²) in [5.41, 5.74) is 6.44. The number of nitrogens with zero attached hydrogens (tertiary/aromatic N) is 2. The molecule has 2 atom stereocenters. The van der Waals surface area contributed by atoms with Crippen LogP contribution in [0.2, 0.25) is 5.02 Å². The van der Waals surface area contributed by atoms with Crippen LogP contribution >= 0.6 is 22.9 Å². The Morgan fingerprint density at radius 1 is 1.26 bits per heavy atom. The molecule has 4 rings (SSSR count). The van der Waals surface area contributed by atoms with Crippen LogP contribution in [0.15, 0.2) is 46.8 Å². The average molecular weight is 591 g/mol. The number of methoxy groups -OCH3 is 2. The fraction of sp³-hybridized carbons (Fsp3) is 0.375. The van der Waals surface area contributed by atoms with Crippen molar-refractivity contribution in [1.82, 2.24) is 4.98 Å². The maximum Gasteiger partial charge on any atom is 0.269 e. The number of halogens is 4. The topological polar surface area (TPSA) is 107 Å². The summed E-state index contributed by atoms with van der Waals surface area (Å²) in [4.78, 5) is 3.45. The summed E-state index contributed by atoms with van der Waals surface area (Å²) in [5.74, 6) is -3.06. The number of hydrogen-bond donors (Lipinski definition) is 2. The van der Waals surface area contributed by atoms with Gasteiger partial charge in [-0.2, -0.15) is 0 Å². The van der Waals surface area contributed by atoms with Gasteiger partial charge in [0.05, 0.1) is 31.5 Å². The number of ether oxygens (including phenoxy) is 2. The number of nitrogens with two attached hydrogens (primary N) is 1. The highest BCUT2D eigenvalue weighted by molar-refractivity contribution is 7.93. The van der Waals surface area contributed by atoms with E-state index >= 15 is 4.39 Å². The number of anilines is 2. The fourth-order valence-corrected chi connectivity index (χ4v) is 6.86. The molecule has 1 fully saturated rings. The molecule has 0 amide bonds. The zero-order valence-electron chi connectivity index (χ0n) is 20.5. The average Bonchev–Trinajstić information content (AvgIpc) is 3.40. The van der Waals surface area contributed by atoms with Gasteiger partial charge >= 0.3 is 0 Å². The molecule has 0 radical (unpaired) electrons. The van der Waals surface area contributed by atoms with Crippen molar-refractivity contribution < 1.29 is 31.1 Å². The second-order valence-electron chi connectivity index (χ2n) is 8.78. The van der Waals surface area contributed by atoms with Gasteiger partial charge in [0.1, 0.15) is 22.2 Å². The van der Waals surface area contributed by atoms with Gasteiger partial charge in [0.15, 0.2) is 5.13 Å². The molecule has 0 saturated heterocycles. The molecule has 206 valence electrons. The molecule has 1 heterocycles. The largest absolute Gasteiger partial charge is 0.497 e. The number of aromatic nitrogens is 1. The zero-order valence-corrected chi connectivity index (χ0v) is 22.8. The van der Waals surface area contributed by atoms with Crippen molar-refractivity contribution in [3.8, 4) is 11.5 Å². The first-order chi connectivity index (χ1) is 17.9. The highest BCUT2D eigenvalue weighted by Crippen LogP contribution is 2.38. The summed E-state index contributed by atoms with van der Waals surface area (Å²) < 4.78 is 81.7. The first kappa shape index (κ1) is 28.3. The lowest BCUT2D eigenvalue weighted by molar-refractivity contribution is -0.0422. The molecule has 1 aliphatic carbocycles. The summed E-state index contributed by atoms with van der Waals surface area (Å²) in [7, 11) is -1.58. The summed E-state index contributed by atoms with van der Waals surface area (Å²) >= 11 is 7.41. The van der Waals surface area contributed by atoms with E-state index in [4.69, 9.17) is 26.8 Å². The molecule has 1 aromatic heterocycles. The van der Waals surface area contributed by atoms with Crippen molar-refractivity contribution in [2.45, 2.75) is 48.7 Å². The van der Waals surface area contributed by atoms with E-state index in [-0.39, 0.29) is 35.2 Å². The minimum atomic E-state index is -4.51. The van der Waals surface area contributed by atoms with Gasteiger partial charge in [0.25, 0.3) is 10.0 Å². The van der Waals surface area contributed by atoms with E-state index in [2.05, 4.69) is 10.3 Å². The number of hydrogen-bond acceptors (Lipinski definition) is 8. The SMILES string of the molecule is COc1ccc(CN(c2nccs2)S(=O)(=O)c2cc(Cl)c(NC3CCC(F)(F)C[C@@H]3N)cc2F)c(OC)c1. The van der Waals surface area contributed by atoms with Crippen LogP contribution in [0.3, 0.4) is 0 Å². The number of alkyl halides is 2. The van der Waals surface area contributed by atoms with E-state index in [0.717, 1.165) is 27.8 Å². The third kappa shape index (κ3) is 5.95. The van der Waals surface area contributed by atoms with Gasteiger partial charge in [0.2, 0.25) is 5.92 Å². The Morgan fingerprint density at radius 2 is 2.03 bits per heavy atom. The predicted octanol–water partition coefficient (Wildman–Crippen LogP) is 5.28. The van der Waals surface area contributed by atoms with E-state index < -0.39 is 45.2 Å². The lowest BCUT2D eigenvalue weighted by Gasteiger charge is -2.35. The summed E-state index contributed by atoms with van der Waals surface area (Å²) in [6.07, 6.45) is 0.589. The molecule has 8 nitrogen and oxygen atoms in total. The molecule has 14 heteroatoms. The van der Waals surface area contributed by atoms with Gasteiger partial charge in [-0.3, -0.25) is 0 Å². The maximum atomic E-state index is 15.4. The monoisotopic (exact) mass is 590 g/mol. The summed E-state index contributed by atoms with van der Waals surface area (Å²) in [5, 5.41) is 4.50. The first-order valence-electron chi connectivity index (χ1n) is 11.5. The lowest BCUT2D eigenvalue weighted by Crippen LogP contribution is -2.48. The molecule has 3 aromatic rings. The van der Waals surface area contributed by atoms with Gasteiger partial charge in [0, 0.05) is 48.1 Å². The van der Waals surface area contributed by atoms with Gasteiger partial charge < -0.3 is 20.5 Å². The minimum Gasteiger partial charge on any atom is -0.497 e. The standard InChI is InChI=1S/C24H26ClF3N4O4S2/c1-35-15-4-3-14(21(9-15)36-2)13-32(23-30-7-8-37-23)38(33,34)22-10-16(25)20(11-17(22)26)31-19-5-6-24(27,28)12-18(19)29/h3-4,7-11,18-19,31H,5-6,12-13,29H2,1-2H3/t18-,19?/m0/s1. The Hall–Kier alpha value is -2.74. The molecule has 2 aromatic carbocycles. The van der Waals surface area contributed by atoms with Crippen LogP contribution in [-0.4, -0.2) is 45.6 Å². The Kier molecular flexibility index (Phi) is 8.31. The van der Waals surface area contributed by atoms with Gasteiger partial charge in [-0.25, -0.2) is 30.9 Å². The quantitative estimate of drug-likeness (QED) is 0.349. The van der Waals surface area contributed by atoms with Gasteiger partial charge in [-0.05, 0) is 30.7 Å². The van der Waals surface area contributed by atoms with E-state index in [0.29, 0.717) is 17.1 Å². The molecule has 0 bridgehead atoms. The van der Waals surface area contributed by atoms with Crippen molar-refractivity contribution in [2.24, 2.45) is 5.73 Å². The van der Waals surface area contributed by atoms with Crippen LogP contribution < -0.4 is 24.8 Å². The van der Waals surface area contributed by atoms with Crippen molar-refractivity contribution in [3.63, 3.8) is 0 Å². The third-order valence-corrected chi connectivity index (χ3v) is 9.22. The van der Waals surface area contributed by atoms with E-state index in [1.54, 1.807) is 23.6 Å². The molecule has 1 aliphatic rings. The third-order valence-electron chi connectivity index (χ3n) is 6.24. The zero-order chi connectivity index (χ0) is 27.7. The number of nitrogens with one attached hydrogen (secondary N) is 1. The van der Waals surface area contributed by atoms with Crippen LogP contribution in [0.1, 0.15) is 24.8 Å². The van der Waals surface area contributed by atoms with Gasteiger partial charge in [-0.1, -0.05) is 11.6 Å². The van der Waals surface area contributed by atoms with Crippen LogP contribution in [-0.2, 0) is 16.6 Å². The van der Waals surface area contributed by atoms with Crippen LogP contribution in [0.5, 0.6) is 11.5 Å². The number of sulfonamides is 1. The van der Waals surface area contributed by atoms with E-state index in [9.17, 15) is 17.2 Å². The molecular weight excluding hydrogens is 565 g/mol. The van der Waals surface area contributed by atoms with Crippen molar-refractivity contribution in [2.75, 3.05) is 23.8 Å². The second kappa shape index (κ2) is 11.2. The molecule has 0 spiro atoms. The van der Waals surface area contributed by atoms with Crippen molar-refractivity contribution in [3.05, 3.63) is 58.3 Å². The number of benzene rings is 2. The number of rotatable bonds is 9. The Labute approximate surface area is 227 Å². The second-order valence-corrected chi connectivity index (χ2v) is 11.9. The summed E-state index contributed by atoms with van der Waals surface area (Å²) in [6, 6.07) is 5.34. The van der Waals surface area contributed by atoms with Crippen molar-refractivity contribution >= 4 is 43.8 Å². The minimum absolute atomic E-state index is 0.0493. The predicted molar refractivity (Wildman–Crippen MR) is 141 cm³/mol. The first-order valence-corrected chi connectivity index (χ1v) is 14.2. The Balaban J connectivity index is 1.67. The van der Waals surface area contributed by atoms with Gasteiger partial charge in [-0.15, -0.1) is 11.3 Å². The highest BCUT2D eigenvalue weighted by Gasteiger charge is 2.40. The highest BCUT2D eigenvalue weighted by atomic mass is 35.5. The normalized spacial score (nSPS) is 19.1. The fourth-order valence-electron chi connectivity index (χ4n) is 4.24. The molecular formula is C24H26ClF3N4O4S2. The van der Waals surface area contributed by atoms with E-state index in [1.165, 1.54) is 20.4 Å². The summed E-state index contributed by atoms with van der Waals surface area (Å²) in [6.45, 7) is -0.217. The molecule has 38 heavy (non-hydrogen) atoms. The maximum absolute atomic E-state index is 15.4. The Bertz CT molecular complexity index is 1390. The molecule has 0 aliphatic heterocycles. The number of thiazole rings is 1. The molecule has 1 saturated carbocycles. The molecule has 3 N–H and O–H groups in total. The lowest BCUT2D eigenvalue weighted by atomic mass is 9.88. The van der Waals surface area contributed by atoms with Crippen LogP contribution in [0.4, 0.5) is 24.0 Å². The Morgan fingerprint density at radius 3 is 2.66 bits per heavy atom.